The number of hydrogen-bond donors (Lipinski definition) is 0. The van der Waals surface area contributed by atoms with E-state index in [1.807, 2.05) is 54.3 Å². The van der Waals surface area contributed by atoms with E-state index in [1.165, 1.54) is 0 Å². The van der Waals surface area contributed by atoms with Gasteiger partial charge >= 0.3 is 0 Å². The first kappa shape index (κ1) is 16.8. The van der Waals surface area contributed by atoms with Crippen molar-refractivity contribution in [1.82, 2.24) is 9.55 Å². The van der Waals surface area contributed by atoms with Crippen molar-refractivity contribution in [2.75, 3.05) is 18.6 Å². The molecule has 0 N–H and O–H groups in total. The maximum absolute atomic E-state index is 13.3. The average Bonchev–Trinajstić information content (AvgIpc) is 3.31. The van der Waals surface area contributed by atoms with Crippen LogP contribution >= 0.6 is 0 Å². The molecule has 28 heavy (non-hydrogen) atoms. The van der Waals surface area contributed by atoms with E-state index in [4.69, 9.17) is 9.72 Å². The molecule has 3 aromatic carbocycles. The molecule has 1 aromatic heterocycles. The SMILES string of the molecule is COc1ccc2cc(C(C)C(=O)N3CCn4c3nc3ccccc34)ccc2c1. The largest absolute Gasteiger partial charge is 0.497 e. The lowest BCUT2D eigenvalue weighted by molar-refractivity contribution is -0.119. The van der Waals surface area contributed by atoms with E-state index < -0.39 is 0 Å². The number of nitrogens with zero attached hydrogens (tertiary/aromatic N) is 3. The second kappa shape index (κ2) is 6.37. The summed E-state index contributed by atoms with van der Waals surface area (Å²) in [5, 5.41) is 2.21. The fraction of sp³-hybridized carbons (Fsp3) is 0.217. The Balaban J connectivity index is 1.47. The lowest BCUT2D eigenvalue weighted by atomic mass is 9.96. The van der Waals surface area contributed by atoms with Gasteiger partial charge in [0.05, 0.1) is 24.1 Å². The first-order valence-corrected chi connectivity index (χ1v) is 9.50. The molecular weight excluding hydrogens is 350 g/mol. The summed E-state index contributed by atoms with van der Waals surface area (Å²) in [6.07, 6.45) is 0. The van der Waals surface area contributed by atoms with Crippen molar-refractivity contribution in [3.8, 4) is 5.75 Å². The van der Waals surface area contributed by atoms with Gasteiger partial charge in [0.15, 0.2) is 0 Å². The molecule has 0 saturated heterocycles. The van der Waals surface area contributed by atoms with Gasteiger partial charge < -0.3 is 9.30 Å². The van der Waals surface area contributed by atoms with Crippen LogP contribution in [0, 0.1) is 0 Å². The van der Waals surface area contributed by atoms with E-state index in [-0.39, 0.29) is 11.8 Å². The fourth-order valence-corrected chi connectivity index (χ4v) is 4.01. The first-order chi connectivity index (χ1) is 13.7. The molecule has 5 heteroatoms. The number of carbonyl (C=O) groups is 1. The number of carbonyl (C=O) groups excluding carboxylic acids is 1. The molecule has 5 nitrogen and oxygen atoms in total. The summed E-state index contributed by atoms with van der Waals surface area (Å²) in [6.45, 7) is 3.42. The first-order valence-electron chi connectivity index (χ1n) is 9.50. The Morgan fingerprint density at radius 2 is 1.82 bits per heavy atom. The van der Waals surface area contributed by atoms with Gasteiger partial charge in [-0.3, -0.25) is 9.69 Å². The summed E-state index contributed by atoms with van der Waals surface area (Å²) in [4.78, 5) is 19.8. The summed E-state index contributed by atoms with van der Waals surface area (Å²) >= 11 is 0. The van der Waals surface area contributed by atoms with Gasteiger partial charge in [0, 0.05) is 13.1 Å². The quantitative estimate of drug-likeness (QED) is 0.538. The molecule has 1 aliphatic rings. The van der Waals surface area contributed by atoms with E-state index in [9.17, 15) is 4.79 Å². The zero-order valence-electron chi connectivity index (χ0n) is 15.9. The van der Waals surface area contributed by atoms with Crippen molar-refractivity contribution in [2.24, 2.45) is 0 Å². The van der Waals surface area contributed by atoms with Crippen molar-refractivity contribution < 1.29 is 9.53 Å². The molecule has 2 heterocycles. The van der Waals surface area contributed by atoms with Crippen LogP contribution in [0.1, 0.15) is 18.4 Å². The standard InChI is InChI=1S/C23H21N3O2/c1-15(16-7-8-18-14-19(28-2)10-9-17(18)13-16)22(27)26-12-11-25-21-6-4-3-5-20(21)24-23(25)26/h3-10,13-15H,11-12H2,1-2H3. The highest BCUT2D eigenvalue weighted by Gasteiger charge is 2.31. The monoisotopic (exact) mass is 371 g/mol. The number of ether oxygens (including phenoxy) is 1. The van der Waals surface area contributed by atoms with Crippen LogP contribution in [0.4, 0.5) is 5.95 Å². The van der Waals surface area contributed by atoms with Crippen molar-refractivity contribution in [3.05, 3.63) is 66.2 Å². The van der Waals surface area contributed by atoms with Crippen LogP contribution in [0.25, 0.3) is 21.8 Å². The van der Waals surface area contributed by atoms with Crippen molar-refractivity contribution >= 4 is 33.7 Å². The van der Waals surface area contributed by atoms with Gasteiger partial charge in [-0.25, -0.2) is 4.98 Å². The second-order valence-corrected chi connectivity index (χ2v) is 7.24. The van der Waals surface area contributed by atoms with Gasteiger partial charge in [-0.05, 0) is 47.5 Å². The molecule has 5 rings (SSSR count). The topological polar surface area (TPSA) is 47.4 Å². The number of methoxy groups -OCH3 is 1. The number of fused-ring (bicyclic) bond motifs is 4. The van der Waals surface area contributed by atoms with E-state index in [0.717, 1.165) is 45.6 Å². The van der Waals surface area contributed by atoms with Gasteiger partial charge in [-0.1, -0.05) is 36.4 Å². The van der Waals surface area contributed by atoms with Crippen LogP contribution in [0.3, 0.4) is 0 Å². The molecule has 0 saturated carbocycles. The summed E-state index contributed by atoms with van der Waals surface area (Å²) in [5.41, 5.74) is 3.03. The Kier molecular flexibility index (Phi) is 3.83. The molecule has 4 aromatic rings. The minimum absolute atomic E-state index is 0.0851. The number of imidazole rings is 1. The van der Waals surface area contributed by atoms with Gasteiger partial charge in [0.2, 0.25) is 11.9 Å². The maximum Gasteiger partial charge on any atom is 0.236 e. The van der Waals surface area contributed by atoms with Crippen LogP contribution in [-0.4, -0.2) is 29.1 Å². The lowest BCUT2D eigenvalue weighted by Gasteiger charge is -2.20. The number of rotatable bonds is 3. The van der Waals surface area contributed by atoms with Crippen molar-refractivity contribution in [1.29, 1.82) is 0 Å². The number of benzene rings is 3. The highest BCUT2D eigenvalue weighted by molar-refractivity contribution is 5.99. The van der Waals surface area contributed by atoms with E-state index in [1.54, 1.807) is 7.11 Å². The van der Waals surface area contributed by atoms with Crippen LogP contribution in [-0.2, 0) is 11.3 Å². The second-order valence-electron chi connectivity index (χ2n) is 7.24. The van der Waals surface area contributed by atoms with E-state index in [2.05, 4.69) is 22.8 Å². The normalized spacial score (nSPS) is 14.4. The number of para-hydroxylation sites is 2. The molecule has 0 radical (unpaired) electrons. The minimum atomic E-state index is -0.238. The third-order valence-electron chi connectivity index (χ3n) is 5.63. The third-order valence-corrected chi connectivity index (χ3v) is 5.63. The summed E-state index contributed by atoms with van der Waals surface area (Å²) in [5.74, 6) is 1.43. The molecule has 140 valence electrons. The summed E-state index contributed by atoms with van der Waals surface area (Å²) < 4.78 is 7.43. The Hall–Kier alpha value is -3.34. The zero-order chi connectivity index (χ0) is 19.3. The number of hydrogen-bond acceptors (Lipinski definition) is 3. The van der Waals surface area contributed by atoms with Crippen LogP contribution < -0.4 is 9.64 Å². The van der Waals surface area contributed by atoms with Gasteiger partial charge in [-0.2, -0.15) is 0 Å². The molecule has 0 spiro atoms. The smallest absolute Gasteiger partial charge is 0.236 e. The van der Waals surface area contributed by atoms with Crippen molar-refractivity contribution in [3.63, 3.8) is 0 Å². The molecule has 1 unspecified atom stereocenters. The third kappa shape index (κ3) is 2.54. The average molecular weight is 371 g/mol. The Morgan fingerprint density at radius 1 is 1.04 bits per heavy atom. The molecule has 1 amide bonds. The Labute approximate surface area is 163 Å². The predicted octanol–water partition coefficient (Wildman–Crippen LogP) is 4.35. The highest BCUT2D eigenvalue weighted by atomic mass is 16.5. The van der Waals surface area contributed by atoms with Crippen LogP contribution in [0.5, 0.6) is 5.75 Å². The molecular formula is C23H21N3O2. The Morgan fingerprint density at radius 3 is 2.68 bits per heavy atom. The van der Waals surface area contributed by atoms with Crippen LogP contribution in [0.2, 0.25) is 0 Å². The van der Waals surface area contributed by atoms with Crippen molar-refractivity contribution in [2.45, 2.75) is 19.4 Å². The maximum atomic E-state index is 13.3. The molecule has 1 aliphatic heterocycles. The predicted molar refractivity (Wildman–Crippen MR) is 111 cm³/mol. The van der Waals surface area contributed by atoms with E-state index >= 15 is 0 Å². The molecule has 0 bridgehead atoms. The zero-order valence-corrected chi connectivity index (χ0v) is 15.9. The molecule has 0 fully saturated rings. The minimum Gasteiger partial charge on any atom is -0.497 e. The van der Waals surface area contributed by atoms with Gasteiger partial charge in [0.1, 0.15) is 5.75 Å². The lowest BCUT2D eigenvalue weighted by Crippen LogP contribution is -2.33. The number of aromatic nitrogens is 2. The van der Waals surface area contributed by atoms with Gasteiger partial charge in [0.25, 0.3) is 0 Å². The number of anilines is 1. The van der Waals surface area contributed by atoms with Crippen LogP contribution in [0.15, 0.2) is 60.7 Å². The number of amides is 1. The molecule has 0 aliphatic carbocycles. The Bertz CT molecular complexity index is 1210. The summed E-state index contributed by atoms with van der Waals surface area (Å²) in [7, 11) is 1.67. The fourth-order valence-electron chi connectivity index (χ4n) is 4.01. The highest BCUT2D eigenvalue weighted by Crippen LogP contribution is 2.31. The van der Waals surface area contributed by atoms with E-state index in [0.29, 0.717) is 6.54 Å². The molecule has 1 atom stereocenters. The van der Waals surface area contributed by atoms with Gasteiger partial charge in [-0.15, -0.1) is 0 Å². The summed E-state index contributed by atoms with van der Waals surface area (Å²) in [6, 6.07) is 20.2.